The van der Waals surface area contributed by atoms with Crippen molar-refractivity contribution in [2.24, 2.45) is 4.99 Å². The summed E-state index contributed by atoms with van der Waals surface area (Å²) in [6.45, 7) is 3.59. The predicted molar refractivity (Wildman–Crippen MR) is 59.1 cm³/mol. The van der Waals surface area contributed by atoms with E-state index in [4.69, 9.17) is 0 Å². The van der Waals surface area contributed by atoms with Gasteiger partial charge in [0.15, 0.2) is 0 Å². The molecule has 0 bridgehead atoms. The molecule has 0 aromatic heterocycles. The molecule has 2 nitrogen and oxygen atoms in total. The lowest BCUT2D eigenvalue weighted by Gasteiger charge is -2.14. The summed E-state index contributed by atoms with van der Waals surface area (Å²) in [6.07, 6.45) is 3.37. The van der Waals surface area contributed by atoms with Crippen molar-refractivity contribution < 1.29 is 0 Å². The van der Waals surface area contributed by atoms with Gasteiger partial charge in [0.2, 0.25) is 0 Å². The van der Waals surface area contributed by atoms with Gasteiger partial charge >= 0.3 is 0 Å². The minimum absolute atomic E-state index is 0.965. The maximum absolute atomic E-state index is 4.26. The van der Waals surface area contributed by atoms with Crippen LogP contribution in [0.4, 0.5) is 11.4 Å². The number of hydrogen-bond donors (Lipinski definition) is 0. The molecule has 0 amide bonds. The molecule has 0 radical (unpaired) electrons. The first-order chi connectivity index (χ1) is 6.25. The molecule has 13 heavy (non-hydrogen) atoms. The van der Waals surface area contributed by atoms with Crippen molar-refractivity contribution in [3.8, 4) is 0 Å². The molecular weight excluding hydrogens is 160 g/mol. The van der Waals surface area contributed by atoms with E-state index in [1.165, 1.54) is 0 Å². The molecule has 0 saturated carbocycles. The van der Waals surface area contributed by atoms with E-state index in [1.54, 1.807) is 12.3 Å². The maximum Gasteiger partial charge on any atom is 0.0862 e. The number of aliphatic imine (C=N–C) groups is 1. The third-order valence-corrected chi connectivity index (χ3v) is 1.68. The second-order valence-corrected chi connectivity index (χ2v) is 2.90. The van der Waals surface area contributed by atoms with Crippen LogP contribution in [0.25, 0.3) is 0 Å². The smallest absolute Gasteiger partial charge is 0.0862 e. The fourth-order valence-electron chi connectivity index (χ4n) is 1.08. The zero-order chi connectivity index (χ0) is 9.68. The summed E-state index contributed by atoms with van der Waals surface area (Å²) in [5.41, 5.74) is 2.08. The average molecular weight is 174 g/mol. The lowest BCUT2D eigenvalue weighted by molar-refractivity contribution is 1.13. The molecule has 0 atom stereocenters. The van der Waals surface area contributed by atoms with Crippen molar-refractivity contribution in [2.75, 3.05) is 19.0 Å². The summed E-state index contributed by atoms with van der Waals surface area (Å²) in [5, 5.41) is 0. The molecule has 0 spiro atoms. The quantitative estimate of drug-likeness (QED) is 0.643. The van der Waals surface area contributed by atoms with E-state index < -0.39 is 0 Å². The normalized spacial score (nSPS) is 10.3. The molecule has 1 rings (SSSR count). The Hall–Kier alpha value is -1.57. The van der Waals surface area contributed by atoms with Crippen molar-refractivity contribution in [1.29, 1.82) is 0 Å². The molecule has 0 unspecified atom stereocenters. The minimum atomic E-state index is 0.965. The topological polar surface area (TPSA) is 15.6 Å². The zero-order valence-corrected chi connectivity index (χ0v) is 8.07. The van der Waals surface area contributed by atoms with Crippen molar-refractivity contribution >= 4 is 17.6 Å². The zero-order valence-electron chi connectivity index (χ0n) is 8.07. The largest absolute Gasteiger partial charge is 0.376 e. The highest BCUT2D eigenvalue weighted by atomic mass is 15.1. The van der Waals surface area contributed by atoms with E-state index in [-0.39, 0.29) is 0 Å². The van der Waals surface area contributed by atoms with Crippen LogP contribution in [0.15, 0.2) is 41.9 Å². The van der Waals surface area contributed by atoms with E-state index in [1.807, 2.05) is 43.3 Å². The van der Waals surface area contributed by atoms with E-state index in [2.05, 4.69) is 11.6 Å². The molecule has 1 aromatic rings. The standard InChI is InChI=1S/C11H14N2/c1-4-9-12-10-7-5-6-8-11(10)13(2)3/h4-9H,1H2,2-3H3. The molecule has 0 N–H and O–H groups in total. The van der Waals surface area contributed by atoms with Gasteiger partial charge in [-0.25, -0.2) is 0 Å². The van der Waals surface area contributed by atoms with E-state index >= 15 is 0 Å². The summed E-state index contributed by atoms with van der Waals surface area (Å²) in [5.74, 6) is 0. The number of benzene rings is 1. The van der Waals surface area contributed by atoms with Crippen LogP contribution in [-0.4, -0.2) is 20.3 Å². The Labute approximate surface area is 79.2 Å². The summed E-state index contributed by atoms with van der Waals surface area (Å²) in [4.78, 5) is 6.30. The van der Waals surface area contributed by atoms with Gasteiger partial charge in [-0.15, -0.1) is 0 Å². The fraction of sp³-hybridized carbons (Fsp3) is 0.182. The third kappa shape index (κ3) is 2.44. The Morgan fingerprint density at radius 2 is 2.00 bits per heavy atom. The summed E-state index contributed by atoms with van der Waals surface area (Å²) >= 11 is 0. The number of anilines is 1. The van der Waals surface area contributed by atoms with Gasteiger partial charge in [0.05, 0.1) is 11.4 Å². The number of nitrogens with zero attached hydrogens (tertiary/aromatic N) is 2. The maximum atomic E-state index is 4.26. The molecule has 2 heteroatoms. The summed E-state index contributed by atoms with van der Waals surface area (Å²) < 4.78 is 0. The van der Waals surface area contributed by atoms with Crippen LogP contribution in [-0.2, 0) is 0 Å². The van der Waals surface area contributed by atoms with E-state index in [9.17, 15) is 0 Å². The van der Waals surface area contributed by atoms with Gasteiger partial charge in [0, 0.05) is 20.3 Å². The Morgan fingerprint density at radius 3 is 2.62 bits per heavy atom. The number of hydrogen-bond acceptors (Lipinski definition) is 2. The van der Waals surface area contributed by atoms with Crippen molar-refractivity contribution in [1.82, 2.24) is 0 Å². The van der Waals surface area contributed by atoms with Crippen molar-refractivity contribution in [3.05, 3.63) is 36.9 Å². The van der Waals surface area contributed by atoms with Gasteiger partial charge in [-0.05, 0) is 12.1 Å². The molecule has 1 aromatic carbocycles. The SMILES string of the molecule is C=CC=Nc1ccccc1N(C)C. The Kier molecular flexibility index (Phi) is 3.26. The van der Waals surface area contributed by atoms with Crippen LogP contribution >= 0.6 is 0 Å². The highest BCUT2D eigenvalue weighted by Gasteiger charge is 1.99. The van der Waals surface area contributed by atoms with Gasteiger partial charge in [0.1, 0.15) is 0 Å². The second-order valence-electron chi connectivity index (χ2n) is 2.90. The molecule has 0 aliphatic rings. The van der Waals surface area contributed by atoms with Gasteiger partial charge in [0.25, 0.3) is 0 Å². The van der Waals surface area contributed by atoms with Crippen LogP contribution in [0.2, 0.25) is 0 Å². The monoisotopic (exact) mass is 174 g/mol. The summed E-state index contributed by atoms with van der Waals surface area (Å²) in [6, 6.07) is 8.00. The molecule has 0 heterocycles. The van der Waals surface area contributed by atoms with Gasteiger partial charge in [-0.3, -0.25) is 4.99 Å². The van der Waals surface area contributed by atoms with E-state index in [0.717, 1.165) is 11.4 Å². The minimum Gasteiger partial charge on any atom is -0.376 e. The predicted octanol–water partition coefficient (Wildman–Crippen LogP) is 2.64. The first-order valence-corrected chi connectivity index (χ1v) is 4.17. The Bertz CT molecular complexity index is 314. The van der Waals surface area contributed by atoms with Crippen LogP contribution in [0.5, 0.6) is 0 Å². The Morgan fingerprint density at radius 1 is 1.31 bits per heavy atom. The van der Waals surface area contributed by atoms with Crippen molar-refractivity contribution in [2.45, 2.75) is 0 Å². The fourth-order valence-corrected chi connectivity index (χ4v) is 1.08. The number of allylic oxidation sites excluding steroid dienone is 1. The number of rotatable bonds is 3. The average Bonchev–Trinajstić information content (AvgIpc) is 2.15. The van der Waals surface area contributed by atoms with Crippen molar-refractivity contribution in [3.63, 3.8) is 0 Å². The van der Waals surface area contributed by atoms with Gasteiger partial charge < -0.3 is 4.90 Å². The van der Waals surface area contributed by atoms with Crippen LogP contribution in [0.1, 0.15) is 0 Å². The third-order valence-electron chi connectivity index (χ3n) is 1.68. The molecule has 68 valence electrons. The second kappa shape index (κ2) is 4.45. The first kappa shape index (κ1) is 9.52. The molecular formula is C11H14N2. The van der Waals surface area contributed by atoms with E-state index in [0.29, 0.717) is 0 Å². The Balaban J connectivity index is 3.04. The van der Waals surface area contributed by atoms with Crippen LogP contribution in [0.3, 0.4) is 0 Å². The highest BCUT2D eigenvalue weighted by molar-refractivity contribution is 5.78. The van der Waals surface area contributed by atoms with Gasteiger partial charge in [-0.1, -0.05) is 24.8 Å². The van der Waals surface area contributed by atoms with Crippen LogP contribution in [0, 0.1) is 0 Å². The summed E-state index contributed by atoms with van der Waals surface area (Å²) in [7, 11) is 4.00. The molecule has 0 aliphatic carbocycles. The lowest BCUT2D eigenvalue weighted by atomic mass is 10.2. The van der Waals surface area contributed by atoms with Gasteiger partial charge in [-0.2, -0.15) is 0 Å². The first-order valence-electron chi connectivity index (χ1n) is 4.17. The van der Waals surface area contributed by atoms with Crippen LogP contribution < -0.4 is 4.90 Å². The molecule has 0 saturated heterocycles. The number of para-hydroxylation sites is 2. The molecule has 0 aliphatic heterocycles. The highest BCUT2D eigenvalue weighted by Crippen LogP contribution is 2.25. The lowest BCUT2D eigenvalue weighted by Crippen LogP contribution is -2.08. The molecule has 0 fully saturated rings.